The Labute approximate surface area is 209 Å². The smallest absolute Gasteiger partial charge is 0.282 e. The number of thiophene rings is 1. The lowest BCUT2D eigenvalue weighted by Gasteiger charge is -2.06. The number of aryl methyl sites for hydroxylation is 1. The quantitative estimate of drug-likeness (QED) is 0.207. The molecule has 1 saturated heterocycles. The van der Waals surface area contributed by atoms with Crippen molar-refractivity contribution in [3.63, 3.8) is 0 Å². The zero-order valence-electron chi connectivity index (χ0n) is 19.1. The van der Waals surface area contributed by atoms with Gasteiger partial charge in [0, 0.05) is 5.69 Å². The summed E-state index contributed by atoms with van der Waals surface area (Å²) >= 11 is 2.82. The number of nitrogen functional groups attached to an aromatic ring is 1. The van der Waals surface area contributed by atoms with Crippen molar-refractivity contribution in [1.29, 1.82) is 0 Å². The number of hydrogen-bond acceptors (Lipinski definition) is 7. The highest BCUT2D eigenvalue weighted by atomic mass is 32.2. The van der Waals surface area contributed by atoms with Crippen LogP contribution in [0.15, 0.2) is 48.8 Å². The number of fused-ring (bicyclic) bond motifs is 2. The van der Waals surface area contributed by atoms with Crippen molar-refractivity contribution in [3.8, 4) is 16.3 Å². The molecule has 8 nitrogen and oxygen atoms in total. The lowest BCUT2D eigenvalue weighted by molar-refractivity contribution is -0.114. The Morgan fingerprint density at radius 2 is 2.06 bits per heavy atom. The molecule has 4 heterocycles. The number of benzene rings is 2. The van der Waals surface area contributed by atoms with E-state index in [4.69, 9.17) is 15.6 Å². The van der Waals surface area contributed by atoms with Gasteiger partial charge in [-0.05, 0) is 59.5 Å². The van der Waals surface area contributed by atoms with Gasteiger partial charge in [0.2, 0.25) is 5.25 Å². The van der Waals surface area contributed by atoms with Crippen LogP contribution in [0.25, 0.3) is 31.7 Å². The highest BCUT2D eigenvalue weighted by molar-refractivity contribution is 7.87. The average Bonchev–Trinajstić information content (AvgIpc) is 3.52. The number of nitrogens with two attached hydrogens (primary N) is 1. The van der Waals surface area contributed by atoms with Crippen molar-refractivity contribution in [2.24, 2.45) is 0 Å². The molecule has 3 aromatic heterocycles. The van der Waals surface area contributed by atoms with Crippen LogP contribution in [0.1, 0.15) is 11.1 Å². The van der Waals surface area contributed by atoms with Gasteiger partial charge in [0.15, 0.2) is 11.4 Å². The summed E-state index contributed by atoms with van der Waals surface area (Å²) in [6.45, 7) is 2.56. The molecule has 1 amide bonds. The summed E-state index contributed by atoms with van der Waals surface area (Å²) < 4.78 is 8.53. The van der Waals surface area contributed by atoms with Crippen LogP contribution >= 0.6 is 11.3 Å². The maximum Gasteiger partial charge on any atom is 0.282 e. The van der Waals surface area contributed by atoms with Gasteiger partial charge in [-0.3, -0.25) is 4.79 Å². The number of methoxy groups -OCH3 is 1. The minimum Gasteiger partial charge on any atom is -0.495 e. The number of anilines is 2. The number of nitrogens with zero attached hydrogens (tertiary/aromatic N) is 4. The Bertz CT molecular complexity index is 1590. The molecule has 0 saturated carbocycles. The monoisotopic (exact) mass is 503 g/mol. The van der Waals surface area contributed by atoms with E-state index in [1.807, 2.05) is 35.0 Å². The highest BCUT2D eigenvalue weighted by Gasteiger charge is 2.42. The molecule has 0 aliphatic carbocycles. The number of hydrogen-bond donors (Lipinski definition) is 2. The zero-order chi connectivity index (χ0) is 24.1. The molecule has 0 spiro atoms. The van der Waals surface area contributed by atoms with E-state index in [0.29, 0.717) is 18.0 Å². The molecule has 1 fully saturated rings. The Morgan fingerprint density at radius 3 is 2.80 bits per heavy atom. The fourth-order valence-corrected chi connectivity index (χ4v) is 5.78. The summed E-state index contributed by atoms with van der Waals surface area (Å²) in [5, 5.41) is 9.88. The molecule has 5 aromatic rings. The van der Waals surface area contributed by atoms with Crippen molar-refractivity contribution in [3.05, 3.63) is 59.9 Å². The van der Waals surface area contributed by atoms with Crippen LogP contribution in [0.2, 0.25) is 0 Å². The van der Waals surface area contributed by atoms with E-state index in [2.05, 4.69) is 34.3 Å². The topological polar surface area (TPSA) is 108 Å². The second-order valence-corrected chi connectivity index (χ2v) is 10.9. The molecule has 1 atom stereocenters. The number of ether oxygens (including phenoxy) is 1. The van der Waals surface area contributed by atoms with Crippen LogP contribution in [-0.2, 0) is 23.1 Å². The van der Waals surface area contributed by atoms with Crippen LogP contribution < -0.4 is 15.8 Å². The third kappa shape index (κ3) is 4.08. The summed E-state index contributed by atoms with van der Waals surface area (Å²) in [5.74, 6) is 2.28. The second kappa shape index (κ2) is 8.54. The van der Waals surface area contributed by atoms with Crippen LogP contribution in [0.3, 0.4) is 0 Å². The molecule has 1 aliphatic heterocycles. The van der Waals surface area contributed by atoms with E-state index in [1.165, 1.54) is 18.1 Å². The van der Waals surface area contributed by atoms with E-state index in [9.17, 15) is 4.79 Å². The van der Waals surface area contributed by atoms with Crippen molar-refractivity contribution < 1.29 is 9.53 Å². The van der Waals surface area contributed by atoms with Crippen LogP contribution in [0.5, 0.6) is 5.75 Å². The van der Waals surface area contributed by atoms with E-state index >= 15 is 0 Å². The van der Waals surface area contributed by atoms with Crippen molar-refractivity contribution in [1.82, 2.24) is 19.7 Å². The summed E-state index contributed by atoms with van der Waals surface area (Å²) in [5.41, 5.74) is 10.7. The highest BCUT2D eigenvalue weighted by Crippen LogP contribution is 2.41. The van der Waals surface area contributed by atoms with Crippen molar-refractivity contribution >= 4 is 61.6 Å². The molecule has 176 valence electrons. The SMILES string of the molecule is COc1cc(C)cc2cc(-c3nn(Cc4ccc(NC(=O)[C@H]5C[SH+]5)cc4)c4ncnc(N)c34)sc12. The predicted molar refractivity (Wildman–Crippen MR) is 143 cm³/mol. The maximum absolute atomic E-state index is 12.0. The molecule has 3 N–H and O–H groups in total. The Morgan fingerprint density at radius 1 is 1.26 bits per heavy atom. The van der Waals surface area contributed by atoms with Gasteiger partial charge in [0.05, 0.1) is 28.6 Å². The van der Waals surface area contributed by atoms with E-state index < -0.39 is 0 Å². The molecule has 2 aromatic carbocycles. The minimum absolute atomic E-state index is 0.0875. The van der Waals surface area contributed by atoms with Gasteiger partial charge in [-0.25, -0.2) is 14.6 Å². The van der Waals surface area contributed by atoms with Gasteiger partial charge in [0.1, 0.15) is 23.6 Å². The second-order valence-electron chi connectivity index (χ2n) is 8.53. The predicted octanol–water partition coefficient (Wildman–Crippen LogP) is 3.79. The minimum atomic E-state index is 0.0875. The van der Waals surface area contributed by atoms with Crippen LogP contribution in [0, 0.1) is 6.92 Å². The first kappa shape index (κ1) is 21.9. The number of carbonyl (C=O) groups is 1. The molecular weight excluding hydrogens is 480 g/mol. The number of aromatic nitrogens is 4. The van der Waals surface area contributed by atoms with E-state index in [1.54, 1.807) is 18.4 Å². The lowest BCUT2D eigenvalue weighted by Crippen LogP contribution is -2.17. The van der Waals surface area contributed by atoms with Crippen LogP contribution in [-0.4, -0.2) is 43.8 Å². The summed E-state index contributed by atoms with van der Waals surface area (Å²) in [7, 11) is 1.69. The first-order valence-corrected chi connectivity index (χ1v) is 13.1. The summed E-state index contributed by atoms with van der Waals surface area (Å²) in [6, 6.07) is 14.1. The third-order valence-corrected chi connectivity index (χ3v) is 8.10. The number of thiol groups is 1. The number of nitrogens with one attached hydrogen (secondary N) is 1. The summed E-state index contributed by atoms with van der Waals surface area (Å²) in [4.78, 5) is 21.7. The van der Waals surface area contributed by atoms with Gasteiger partial charge >= 0.3 is 0 Å². The van der Waals surface area contributed by atoms with Gasteiger partial charge in [-0.1, -0.05) is 18.2 Å². The summed E-state index contributed by atoms with van der Waals surface area (Å²) in [6.07, 6.45) is 1.47. The Kier molecular flexibility index (Phi) is 5.34. The molecule has 6 rings (SSSR count). The normalized spacial score (nSPS) is 15.0. The first-order valence-electron chi connectivity index (χ1n) is 11.1. The first-order chi connectivity index (χ1) is 17.0. The standard InChI is InChI=1S/C25H22N6O2S2/c1-13-7-15-9-18(35-22(15)17(8-13)33-2)21-20-23(26)27-12-28-24(20)31(30-21)10-14-3-5-16(6-4-14)29-25(32)19-11-34-19/h3-9,12,19H,10-11H2,1-2H3,(H,29,32)(H2,26,27,28)/p+1/t19-/m1/s1. The van der Waals surface area contributed by atoms with Crippen molar-refractivity contribution in [2.75, 3.05) is 23.9 Å². The van der Waals surface area contributed by atoms with E-state index in [-0.39, 0.29) is 11.2 Å². The molecule has 0 bridgehead atoms. The fourth-order valence-electron chi connectivity index (χ4n) is 4.16. The molecule has 10 heteroatoms. The molecule has 1 aliphatic rings. The molecule has 0 radical (unpaired) electrons. The van der Waals surface area contributed by atoms with Gasteiger partial charge in [-0.2, -0.15) is 5.10 Å². The van der Waals surface area contributed by atoms with Crippen LogP contribution in [0.4, 0.5) is 11.5 Å². The molecule has 35 heavy (non-hydrogen) atoms. The Balaban J connectivity index is 1.37. The van der Waals surface area contributed by atoms with Gasteiger partial charge in [-0.15, -0.1) is 11.3 Å². The van der Waals surface area contributed by atoms with Gasteiger partial charge in [0.25, 0.3) is 5.91 Å². The number of rotatable bonds is 6. The number of amides is 1. The maximum atomic E-state index is 12.0. The molecular formula is C25H23N6O2S2+. The van der Waals surface area contributed by atoms with Crippen molar-refractivity contribution in [2.45, 2.75) is 18.7 Å². The van der Waals surface area contributed by atoms with E-state index in [0.717, 1.165) is 54.4 Å². The molecule has 0 unspecified atom stereocenters. The lowest BCUT2D eigenvalue weighted by atomic mass is 10.1. The zero-order valence-corrected chi connectivity index (χ0v) is 20.9. The largest absolute Gasteiger partial charge is 0.495 e. The Hall–Kier alpha value is -3.63. The third-order valence-electron chi connectivity index (χ3n) is 5.96. The van der Waals surface area contributed by atoms with Gasteiger partial charge < -0.3 is 15.8 Å². The fraction of sp³-hybridized carbons (Fsp3) is 0.200. The number of carbonyl (C=O) groups excluding carboxylic acids is 1. The average molecular weight is 504 g/mol.